The molecule has 0 aliphatic heterocycles. The number of hydrogen-bond donors (Lipinski definition) is 1. The van der Waals surface area contributed by atoms with E-state index in [0.717, 1.165) is 11.8 Å². The Morgan fingerprint density at radius 1 is 1.44 bits per heavy atom. The molecular weight excluding hydrogens is 110 g/mol. The van der Waals surface area contributed by atoms with Crippen LogP contribution in [0, 0.1) is 11.8 Å². The van der Waals surface area contributed by atoms with Crippen molar-refractivity contribution in [1.29, 1.82) is 0 Å². The van der Waals surface area contributed by atoms with Gasteiger partial charge in [0, 0.05) is 0 Å². The smallest absolute Gasteiger partial charge is 0.0386 e. The predicted molar refractivity (Wildman–Crippen MR) is 41.8 cm³/mol. The van der Waals surface area contributed by atoms with Gasteiger partial charge < -0.3 is 6.15 Å². The molecule has 1 saturated carbocycles. The first-order valence-corrected chi connectivity index (χ1v) is 3.84. The minimum absolute atomic E-state index is 0. The standard InChI is InChI=1S/C8H16.H3N/c1-3-4-5-8-6-7(8)2;/h7-8H,3-6H2,1-2H3;1H3. The minimum atomic E-state index is 0. The quantitative estimate of drug-likeness (QED) is 0.624. The van der Waals surface area contributed by atoms with Crippen molar-refractivity contribution in [3.63, 3.8) is 0 Å². The van der Waals surface area contributed by atoms with E-state index in [0.29, 0.717) is 0 Å². The van der Waals surface area contributed by atoms with Crippen LogP contribution in [-0.4, -0.2) is 0 Å². The van der Waals surface area contributed by atoms with Crippen LogP contribution in [0.1, 0.15) is 39.5 Å². The molecular formula is C8H19N. The molecule has 1 nitrogen and oxygen atoms in total. The topological polar surface area (TPSA) is 35.0 Å². The van der Waals surface area contributed by atoms with Crippen LogP contribution in [-0.2, 0) is 0 Å². The second kappa shape index (κ2) is 3.89. The highest BCUT2D eigenvalue weighted by Gasteiger charge is 2.30. The van der Waals surface area contributed by atoms with Gasteiger partial charge in [-0.05, 0) is 18.3 Å². The molecule has 1 heteroatoms. The molecule has 0 saturated heterocycles. The molecule has 1 fully saturated rings. The summed E-state index contributed by atoms with van der Waals surface area (Å²) in [4.78, 5) is 0. The van der Waals surface area contributed by atoms with Crippen molar-refractivity contribution in [2.24, 2.45) is 11.8 Å². The molecule has 0 aromatic carbocycles. The van der Waals surface area contributed by atoms with Gasteiger partial charge in [-0.3, -0.25) is 0 Å². The Balaban J connectivity index is 0.000000640. The van der Waals surface area contributed by atoms with Crippen LogP contribution in [0.25, 0.3) is 0 Å². The molecule has 2 unspecified atom stereocenters. The van der Waals surface area contributed by atoms with Gasteiger partial charge >= 0.3 is 0 Å². The van der Waals surface area contributed by atoms with Crippen molar-refractivity contribution in [3.05, 3.63) is 0 Å². The highest BCUT2D eigenvalue weighted by Crippen LogP contribution is 2.41. The summed E-state index contributed by atoms with van der Waals surface area (Å²) in [7, 11) is 0. The zero-order chi connectivity index (χ0) is 5.98. The average molecular weight is 129 g/mol. The fraction of sp³-hybridized carbons (Fsp3) is 1.00. The van der Waals surface area contributed by atoms with Crippen LogP contribution in [0.15, 0.2) is 0 Å². The van der Waals surface area contributed by atoms with E-state index in [4.69, 9.17) is 0 Å². The van der Waals surface area contributed by atoms with Crippen molar-refractivity contribution in [3.8, 4) is 0 Å². The first-order valence-electron chi connectivity index (χ1n) is 3.84. The molecule has 0 amide bonds. The van der Waals surface area contributed by atoms with E-state index in [2.05, 4.69) is 13.8 Å². The largest absolute Gasteiger partial charge is 0.344 e. The van der Waals surface area contributed by atoms with E-state index in [9.17, 15) is 0 Å². The van der Waals surface area contributed by atoms with Crippen LogP contribution in [0.4, 0.5) is 0 Å². The highest BCUT2D eigenvalue weighted by molar-refractivity contribution is 4.81. The third-order valence-corrected chi connectivity index (χ3v) is 2.20. The second-order valence-electron chi connectivity index (χ2n) is 3.12. The number of unbranched alkanes of at least 4 members (excludes halogenated alkanes) is 1. The fourth-order valence-corrected chi connectivity index (χ4v) is 1.27. The summed E-state index contributed by atoms with van der Waals surface area (Å²) in [6.07, 6.45) is 5.84. The van der Waals surface area contributed by atoms with Gasteiger partial charge in [0.25, 0.3) is 0 Å². The third-order valence-electron chi connectivity index (χ3n) is 2.20. The fourth-order valence-electron chi connectivity index (χ4n) is 1.27. The maximum absolute atomic E-state index is 2.36. The zero-order valence-electron chi connectivity index (χ0n) is 6.69. The van der Waals surface area contributed by atoms with Crippen molar-refractivity contribution < 1.29 is 0 Å². The highest BCUT2D eigenvalue weighted by atomic mass is 14.4. The van der Waals surface area contributed by atoms with Crippen molar-refractivity contribution >= 4 is 0 Å². The lowest BCUT2D eigenvalue weighted by atomic mass is 10.2. The first kappa shape index (κ1) is 8.96. The molecule has 2 atom stereocenters. The lowest BCUT2D eigenvalue weighted by Crippen LogP contribution is -1.77. The van der Waals surface area contributed by atoms with E-state index in [1.807, 2.05) is 0 Å². The van der Waals surface area contributed by atoms with Crippen molar-refractivity contribution in [2.75, 3.05) is 0 Å². The Kier molecular flexibility index (Phi) is 3.87. The normalized spacial score (nSPS) is 31.3. The monoisotopic (exact) mass is 129 g/mol. The van der Waals surface area contributed by atoms with Crippen LogP contribution < -0.4 is 6.15 Å². The van der Waals surface area contributed by atoms with Crippen LogP contribution in [0.5, 0.6) is 0 Å². The van der Waals surface area contributed by atoms with Crippen molar-refractivity contribution in [2.45, 2.75) is 39.5 Å². The van der Waals surface area contributed by atoms with Gasteiger partial charge in [-0.1, -0.05) is 33.1 Å². The third kappa shape index (κ3) is 2.85. The Morgan fingerprint density at radius 3 is 2.33 bits per heavy atom. The summed E-state index contributed by atoms with van der Waals surface area (Å²) in [6.45, 7) is 4.63. The maximum Gasteiger partial charge on any atom is -0.0386 e. The van der Waals surface area contributed by atoms with Gasteiger partial charge in [0.05, 0.1) is 0 Å². The molecule has 3 N–H and O–H groups in total. The van der Waals surface area contributed by atoms with Gasteiger partial charge in [0.15, 0.2) is 0 Å². The molecule has 9 heavy (non-hydrogen) atoms. The van der Waals surface area contributed by atoms with Gasteiger partial charge in [0.1, 0.15) is 0 Å². The molecule has 56 valence electrons. The Labute approximate surface area is 58.4 Å². The van der Waals surface area contributed by atoms with Gasteiger partial charge in [-0.2, -0.15) is 0 Å². The lowest BCUT2D eigenvalue weighted by molar-refractivity contribution is 0.620. The molecule has 1 aliphatic carbocycles. The summed E-state index contributed by atoms with van der Waals surface area (Å²) in [6, 6.07) is 0. The van der Waals surface area contributed by atoms with Crippen LogP contribution in [0.3, 0.4) is 0 Å². The second-order valence-corrected chi connectivity index (χ2v) is 3.12. The lowest BCUT2D eigenvalue weighted by Gasteiger charge is -1.91. The number of hydrogen-bond acceptors (Lipinski definition) is 1. The van der Waals surface area contributed by atoms with Crippen molar-refractivity contribution in [1.82, 2.24) is 6.15 Å². The summed E-state index contributed by atoms with van der Waals surface area (Å²) >= 11 is 0. The maximum atomic E-state index is 2.36. The molecule has 0 radical (unpaired) electrons. The zero-order valence-corrected chi connectivity index (χ0v) is 6.69. The summed E-state index contributed by atoms with van der Waals surface area (Å²) in [5, 5.41) is 0. The van der Waals surface area contributed by atoms with E-state index in [-0.39, 0.29) is 6.15 Å². The predicted octanol–water partition coefficient (Wildman–Crippen LogP) is 2.99. The minimum Gasteiger partial charge on any atom is -0.344 e. The van der Waals surface area contributed by atoms with Crippen LogP contribution >= 0.6 is 0 Å². The molecule has 0 aromatic rings. The SMILES string of the molecule is CCCCC1CC1C.N. The van der Waals surface area contributed by atoms with E-state index in [1.165, 1.54) is 25.7 Å². The molecule has 1 rings (SSSR count). The number of rotatable bonds is 3. The molecule has 0 spiro atoms. The average Bonchev–Trinajstić information content (AvgIpc) is 2.42. The summed E-state index contributed by atoms with van der Waals surface area (Å²) < 4.78 is 0. The van der Waals surface area contributed by atoms with E-state index in [1.54, 1.807) is 0 Å². The Bertz CT molecular complexity index is 71.0. The molecule has 0 aromatic heterocycles. The van der Waals surface area contributed by atoms with Gasteiger partial charge in [0.2, 0.25) is 0 Å². The van der Waals surface area contributed by atoms with Crippen LogP contribution in [0.2, 0.25) is 0 Å². The van der Waals surface area contributed by atoms with E-state index >= 15 is 0 Å². The van der Waals surface area contributed by atoms with Gasteiger partial charge in [-0.25, -0.2) is 0 Å². The molecule has 0 heterocycles. The Morgan fingerprint density at radius 2 is 2.00 bits per heavy atom. The summed E-state index contributed by atoms with van der Waals surface area (Å²) in [5.74, 6) is 2.19. The molecule has 0 bridgehead atoms. The first-order chi connectivity index (χ1) is 3.84. The van der Waals surface area contributed by atoms with E-state index < -0.39 is 0 Å². The van der Waals surface area contributed by atoms with Gasteiger partial charge in [-0.15, -0.1) is 0 Å². The Hall–Kier alpha value is -0.0400. The summed E-state index contributed by atoms with van der Waals surface area (Å²) in [5.41, 5.74) is 0. The molecule has 1 aliphatic rings.